The molecule has 0 saturated carbocycles. The van der Waals surface area contributed by atoms with Crippen molar-refractivity contribution in [1.29, 1.82) is 0 Å². The molecule has 106 valence electrons. The van der Waals surface area contributed by atoms with Gasteiger partial charge < -0.3 is 20.1 Å². The Hall–Kier alpha value is -1.82. The molecule has 19 heavy (non-hydrogen) atoms. The van der Waals surface area contributed by atoms with Gasteiger partial charge in [-0.1, -0.05) is 6.07 Å². The topological polar surface area (TPSA) is 67.8 Å². The summed E-state index contributed by atoms with van der Waals surface area (Å²) in [5, 5.41) is 6.44. The number of nitrogens with zero attached hydrogens (tertiary/aromatic N) is 2. The molecule has 1 rings (SSSR count). The Morgan fingerprint density at radius 2 is 2.26 bits per heavy atom. The van der Waals surface area contributed by atoms with Crippen molar-refractivity contribution in [3.63, 3.8) is 0 Å². The molecule has 1 aromatic heterocycles. The molecule has 2 N–H and O–H groups in total. The highest BCUT2D eigenvalue weighted by Crippen LogP contribution is 2.12. The summed E-state index contributed by atoms with van der Waals surface area (Å²) in [5.41, 5.74) is 0.979. The zero-order valence-corrected chi connectivity index (χ0v) is 11.9. The van der Waals surface area contributed by atoms with E-state index in [0.29, 0.717) is 19.0 Å². The number of nitrogens with one attached hydrogen (secondary N) is 2. The lowest BCUT2D eigenvalue weighted by molar-refractivity contribution is 0.179. The van der Waals surface area contributed by atoms with Crippen molar-refractivity contribution in [2.24, 2.45) is 4.99 Å². The quantitative estimate of drug-likeness (QED) is 0.588. The summed E-state index contributed by atoms with van der Waals surface area (Å²) in [7, 11) is 5.02. The molecule has 1 atom stereocenters. The van der Waals surface area contributed by atoms with Crippen LogP contribution in [-0.4, -0.2) is 44.9 Å². The zero-order chi connectivity index (χ0) is 14.1. The van der Waals surface area contributed by atoms with Crippen LogP contribution in [0.2, 0.25) is 0 Å². The molecule has 0 spiro atoms. The molecule has 0 aromatic carbocycles. The van der Waals surface area contributed by atoms with Crippen LogP contribution >= 0.6 is 0 Å². The Morgan fingerprint density at radius 1 is 1.47 bits per heavy atom. The van der Waals surface area contributed by atoms with Gasteiger partial charge in [-0.05, 0) is 13.0 Å². The predicted octanol–water partition coefficient (Wildman–Crippen LogP) is 0.790. The first-order valence-corrected chi connectivity index (χ1v) is 6.15. The maximum absolute atomic E-state index is 5.20. The van der Waals surface area contributed by atoms with Gasteiger partial charge in [-0.25, -0.2) is 4.98 Å². The van der Waals surface area contributed by atoms with E-state index in [9.17, 15) is 0 Å². The fraction of sp³-hybridized carbons (Fsp3) is 0.538. The molecule has 6 heteroatoms. The van der Waals surface area contributed by atoms with E-state index >= 15 is 0 Å². The number of hydrogen-bond donors (Lipinski definition) is 2. The van der Waals surface area contributed by atoms with Crippen molar-refractivity contribution in [2.45, 2.75) is 19.5 Å². The SMILES string of the molecule is CN=C(NCc1cccnc1OC)NC(C)COC. The van der Waals surface area contributed by atoms with Crippen LogP contribution in [-0.2, 0) is 11.3 Å². The van der Waals surface area contributed by atoms with Crippen molar-refractivity contribution < 1.29 is 9.47 Å². The number of rotatable bonds is 6. The average Bonchev–Trinajstić information content (AvgIpc) is 2.44. The van der Waals surface area contributed by atoms with E-state index in [1.807, 2.05) is 19.1 Å². The molecule has 0 aliphatic heterocycles. The van der Waals surface area contributed by atoms with Crippen LogP contribution in [0.5, 0.6) is 5.88 Å². The van der Waals surface area contributed by atoms with E-state index in [0.717, 1.165) is 11.5 Å². The van der Waals surface area contributed by atoms with Gasteiger partial charge in [0.15, 0.2) is 5.96 Å². The van der Waals surface area contributed by atoms with E-state index in [4.69, 9.17) is 9.47 Å². The lowest BCUT2D eigenvalue weighted by atomic mass is 10.2. The first-order chi connectivity index (χ1) is 9.21. The van der Waals surface area contributed by atoms with Crippen molar-refractivity contribution in [2.75, 3.05) is 27.9 Å². The van der Waals surface area contributed by atoms with Gasteiger partial charge in [0.05, 0.1) is 13.7 Å². The van der Waals surface area contributed by atoms with Gasteiger partial charge in [-0.2, -0.15) is 0 Å². The minimum absolute atomic E-state index is 0.187. The van der Waals surface area contributed by atoms with Crippen LogP contribution in [0.3, 0.4) is 0 Å². The second-order valence-electron chi connectivity index (χ2n) is 4.10. The van der Waals surface area contributed by atoms with Gasteiger partial charge >= 0.3 is 0 Å². The van der Waals surface area contributed by atoms with Crippen molar-refractivity contribution in [3.8, 4) is 5.88 Å². The van der Waals surface area contributed by atoms with E-state index < -0.39 is 0 Å². The van der Waals surface area contributed by atoms with E-state index in [1.54, 1.807) is 27.5 Å². The molecule has 6 nitrogen and oxygen atoms in total. The molecule has 0 bridgehead atoms. The summed E-state index contributed by atoms with van der Waals surface area (Å²) >= 11 is 0. The fourth-order valence-corrected chi connectivity index (χ4v) is 1.64. The molecule has 0 fully saturated rings. The van der Waals surface area contributed by atoms with Crippen LogP contribution < -0.4 is 15.4 Å². The van der Waals surface area contributed by atoms with Gasteiger partial charge in [0.25, 0.3) is 0 Å². The zero-order valence-electron chi connectivity index (χ0n) is 11.9. The molecule has 0 aliphatic rings. The first-order valence-electron chi connectivity index (χ1n) is 6.15. The molecular formula is C13H22N4O2. The lowest BCUT2D eigenvalue weighted by Gasteiger charge is -2.17. The summed E-state index contributed by atoms with van der Waals surface area (Å²) in [6.45, 7) is 3.24. The van der Waals surface area contributed by atoms with Gasteiger partial charge in [0, 0.05) is 38.5 Å². The van der Waals surface area contributed by atoms with E-state index in [2.05, 4.69) is 20.6 Å². The molecule has 1 unspecified atom stereocenters. The summed E-state index contributed by atoms with van der Waals surface area (Å²) in [5.74, 6) is 1.34. The Labute approximate surface area is 114 Å². The Bertz CT molecular complexity index is 409. The summed E-state index contributed by atoms with van der Waals surface area (Å²) in [4.78, 5) is 8.31. The highest BCUT2D eigenvalue weighted by atomic mass is 16.5. The normalized spacial score (nSPS) is 12.9. The molecular weight excluding hydrogens is 244 g/mol. The number of pyridine rings is 1. The average molecular weight is 266 g/mol. The van der Waals surface area contributed by atoms with E-state index in [-0.39, 0.29) is 6.04 Å². The van der Waals surface area contributed by atoms with Crippen LogP contribution in [0.25, 0.3) is 0 Å². The van der Waals surface area contributed by atoms with Crippen LogP contribution in [0, 0.1) is 0 Å². The third-order valence-electron chi connectivity index (χ3n) is 2.51. The van der Waals surface area contributed by atoms with Crippen molar-refractivity contribution in [3.05, 3.63) is 23.9 Å². The van der Waals surface area contributed by atoms with Crippen LogP contribution in [0.4, 0.5) is 0 Å². The molecule has 0 aliphatic carbocycles. The lowest BCUT2D eigenvalue weighted by Crippen LogP contribution is -2.43. The fourth-order valence-electron chi connectivity index (χ4n) is 1.64. The molecule has 0 radical (unpaired) electrons. The monoisotopic (exact) mass is 266 g/mol. The highest BCUT2D eigenvalue weighted by molar-refractivity contribution is 5.79. The minimum Gasteiger partial charge on any atom is -0.481 e. The maximum atomic E-state index is 5.20. The second-order valence-corrected chi connectivity index (χ2v) is 4.10. The number of hydrogen-bond acceptors (Lipinski definition) is 4. The highest BCUT2D eigenvalue weighted by Gasteiger charge is 2.07. The first kappa shape index (κ1) is 15.2. The predicted molar refractivity (Wildman–Crippen MR) is 75.5 cm³/mol. The second kappa shape index (κ2) is 8.31. The smallest absolute Gasteiger partial charge is 0.218 e. The third kappa shape index (κ3) is 5.13. The summed E-state index contributed by atoms with van der Waals surface area (Å²) < 4.78 is 10.3. The Kier molecular flexibility index (Phi) is 6.67. The number of aliphatic imine (C=N–C) groups is 1. The Balaban J connectivity index is 2.54. The maximum Gasteiger partial charge on any atom is 0.218 e. The molecule has 0 amide bonds. The number of methoxy groups -OCH3 is 2. The minimum atomic E-state index is 0.187. The van der Waals surface area contributed by atoms with Gasteiger partial charge in [-0.3, -0.25) is 4.99 Å². The molecule has 1 aromatic rings. The van der Waals surface area contributed by atoms with Gasteiger partial charge in [0.1, 0.15) is 0 Å². The summed E-state index contributed by atoms with van der Waals surface area (Å²) in [6.07, 6.45) is 1.70. The van der Waals surface area contributed by atoms with Gasteiger partial charge in [0.2, 0.25) is 5.88 Å². The number of guanidine groups is 1. The largest absolute Gasteiger partial charge is 0.481 e. The number of ether oxygens (including phenoxy) is 2. The Morgan fingerprint density at radius 3 is 2.89 bits per heavy atom. The van der Waals surface area contributed by atoms with Crippen molar-refractivity contribution in [1.82, 2.24) is 15.6 Å². The molecule has 0 saturated heterocycles. The summed E-state index contributed by atoms with van der Waals surface area (Å²) in [6, 6.07) is 4.03. The molecule has 1 heterocycles. The van der Waals surface area contributed by atoms with E-state index in [1.165, 1.54) is 0 Å². The van der Waals surface area contributed by atoms with Crippen LogP contribution in [0.1, 0.15) is 12.5 Å². The van der Waals surface area contributed by atoms with Gasteiger partial charge in [-0.15, -0.1) is 0 Å². The van der Waals surface area contributed by atoms with Crippen molar-refractivity contribution >= 4 is 5.96 Å². The standard InChI is InChI=1S/C13H22N4O2/c1-10(9-18-3)17-13(14-2)16-8-11-6-5-7-15-12(11)19-4/h5-7,10H,8-9H2,1-4H3,(H2,14,16,17). The number of aromatic nitrogens is 1. The van der Waals surface area contributed by atoms with Crippen LogP contribution in [0.15, 0.2) is 23.3 Å². The third-order valence-corrected chi connectivity index (χ3v) is 2.51.